The van der Waals surface area contributed by atoms with Crippen molar-refractivity contribution < 1.29 is 0 Å². The minimum absolute atomic E-state index is 1.27. The largest absolute Gasteiger partial charge is 0.0616 e. The Kier molecular flexibility index (Phi) is 5.33. The monoisotopic (exact) mass is 680 g/mol. The summed E-state index contributed by atoms with van der Waals surface area (Å²) in [5.41, 5.74) is 18.6. The van der Waals surface area contributed by atoms with E-state index < -0.39 is 0 Å². The van der Waals surface area contributed by atoms with Gasteiger partial charge in [-0.25, -0.2) is 0 Å². The SMILES string of the molecule is Cc1ccc(-c2cc3ccccc3c3c2-c2ccc4c5ccc6c7c(ccc(c8ccc-3c2c48)c75)-c2c(-c3ccc(C)cc3)cc3ccccc3c2-6)cc1. The third-order valence-corrected chi connectivity index (χ3v) is 12.8. The Hall–Kier alpha value is -6.76. The van der Waals surface area contributed by atoms with Crippen molar-refractivity contribution in [2.75, 3.05) is 0 Å². The molecule has 0 saturated carbocycles. The van der Waals surface area contributed by atoms with Crippen molar-refractivity contribution in [3.63, 3.8) is 0 Å². The lowest BCUT2D eigenvalue weighted by Gasteiger charge is -2.17. The Bertz CT molecular complexity index is 3210. The lowest BCUT2D eigenvalue weighted by Crippen LogP contribution is -1.89. The summed E-state index contributed by atoms with van der Waals surface area (Å²) in [6.45, 7) is 4.34. The topological polar surface area (TPSA) is 0 Å². The van der Waals surface area contributed by atoms with Crippen LogP contribution >= 0.6 is 0 Å². The second-order valence-electron chi connectivity index (χ2n) is 15.7. The number of hydrogen-bond acceptors (Lipinski definition) is 0. The molecule has 0 heteroatoms. The summed E-state index contributed by atoms with van der Waals surface area (Å²) in [6, 6.07) is 60.3. The Balaban J connectivity index is 1.15. The Morgan fingerprint density at radius 3 is 1.00 bits per heavy atom. The van der Waals surface area contributed by atoms with Gasteiger partial charge in [-0.05, 0) is 157 Å². The third-order valence-electron chi connectivity index (χ3n) is 12.8. The first-order valence-electron chi connectivity index (χ1n) is 19.1. The molecule has 0 spiro atoms. The van der Waals surface area contributed by atoms with Gasteiger partial charge in [-0.2, -0.15) is 0 Å². The quantitative estimate of drug-likeness (QED) is 0.126. The van der Waals surface area contributed by atoms with Gasteiger partial charge in [0, 0.05) is 0 Å². The zero-order valence-electron chi connectivity index (χ0n) is 30.0. The fraction of sp³-hybridized carbons (Fsp3) is 0.0370. The van der Waals surface area contributed by atoms with E-state index in [1.165, 1.54) is 143 Å². The van der Waals surface area contributed by atoms with Crippen molar-refractivity contribution >= 4 is 64.6 Å². The average molecular weight is 681 g/mol. The molecule has 0 fully saturated rings. The molecule has 0 bridgehead atoms. The maximum absolute atomic E-state index is 2.43. The molecule has 0 saturated heterocycles. The molecule has 0 atom stereocenters. The molecule has 11 aromatic carbocycles. The van der Waals surface area contributed by atoms with E-state index in [-0.39, 0.29) is 0 Å². The molecule has 13 rings (SSSR count). The molecule has 2 aliphatic rings. The van der Waals surface area contributed by atoms with Gasteiger partial charge in [0.2, 0.25) is 0 Å². The van der Waals surface area contributed by atoms with E-state index >= 15 is 0 Å². The van der Waals surface area contributed by atoms with Gasteiger partial charge in [-0.15, -0.1) is 0 Å². The summed E-state index contributed by atoms with van der Waals surface area (Å²) in [5, 5.41) is 16.1. The summed E-state index contributed by atoms with van der Waals surface area (Å²) in [6.07, 6.45) is 0. The predicted octanol–water partition coefficient (Wildman–Crippen LogP) is 15.3. The second-order valence-corrected chi connectivity index (χ2v) is 15.7. The fourth-order valence-electron chi connectivity index (χ4n) is 10.5. The van der Waals surface area contributed by atoms with Crippen molar-refractivity contribution in [1.29, 1.82) is 0 Å². The Morgan fingerprint density at radius 2 is 0.611 bits per heavy atom. The molecule has 0 amide bonds. The molecule has 0 heterocycles. The van der Waals surface area contributed by atoms with Crippen molar-refractivity contribution in [3.8, 4) is 66.8 Å². The average Bonchev–Trinajstić information content (AvgIpc) is 3.74. The van der Waals surface area contributed by atoms with Crippen molar-refractivity contribution in [2.45, 2.75) is 13.8 Å². The minimum Gasteiger partial charge on any atom is -0.0616 e. The van der Waals surface area contributed by atoms with Crippen LogP contribution in [0, 0.1) is 13.8 Å². The van der Waals surface area contributed by atoms with Gasteiger partial charge in [0.25, 0.3) is 0 Å². The highest BCUT2D eigenvalue weighted by atomic mass is 14.3. The molecular formula is C54H32. The van der Waals surface area contributed by atoms with Crippen LogP contribution in [0.4, 0.5) is 0 Å². The van der Waals surface area contributed by atoms with E-state index in [1.54, 1.807) is 0 Å². The number of aryl methyl sites for hydroxylation is 2. The van der Waals surface area contributed by atoms with Crippen molar-refractivity contribution in [2.24, 2.45) is 0 Å². The Morgan fingerprint density at radius 1 is 0.259 bits per heavy atom. The maximum atomic E-state index is 2.43. The van der Waals surface area contributed by atoms with E-state index in [4.69, 9.17) is 0 Å². The minimum atomic E-state index is 1.27. The highest BCUT2D eigenvalue weighted by Crippen LogP contribution is 2.60. The molecule has 0 radical (unpaired) electrons. The van der Waals surface area contributed by atoms with Crippen LogP contribution in [-0.4, -0.2) is 0 Å². The summed E-state index contributed by atoms with van der Waals surface area (Å²) in [7, 11) is 0. The molecule has 0 N–H and O–H groups in total. The van der Waals surface area contributed by atoms with Gasteiger partial charge in [-0.3, -0.25) is 0 Å². The van der Waals surface area contributed by atoms with Crippen LogP contribution in [0.1, 0.15) is 11.1 Å². The molecule has 11 aromatic rings. The molecular weight excluding hydrogens is 649 g/mol. The molecule has 2 aliphatic carbocycles. The van der Waals surface area contributed by atoms with Crippen LogP contribution in [-0.2, 0) is 0 Å². The normalized spacial score (nSPS) is 12.6. The lowest BCUT2D eigenvalue weighted by molar-refractivity contribution is 1.47. The zero-order valence-corrected chi connectivity index (χ0v) is 30.0. The number of fused-ring (bicyclic) bond motifs is 12. The Labute approximate surface area is 312 Å². The van der Waals surface area contributed by atoms with Crippen LogP contribution in [0.5, 0.6) is 0 Å². The molecule has 0 aromatic heterocycles. The summed E-state index contributed by atoms with van der Waals surface area (Å²) in [4.78, 5) is 0. The number of rotatable bonds is 2. The zero-order chi connectivity index (χ0) is 35.4. The van der Waals surface area contributed by atoms with Crippen molar-refractivity contribution in [3.05, 3.63) is 169 Å². The first kappa shape index (κ1) is 28.8. The highest BCUT2D eigenvalue weighted by Gasteiger charge is 2.32. The van der Waals surface area contributed by atoms with E-state index in [2.05, 4.69) is 172 Å². The van der Waals surface area contributed by atoms with Gasteiger partial charge in [-0.1, -0.05) is 157 Å². The standard InChI is InChI=1S/C54H32/c1-29-11-15-31(16-12-29)45-27-33-7-3-5-9-35(33)47-41-23-19-37-40-22-26-44-52-42(24-20-38(50(40)52)39-21-25-43(53(45)47)51(41)49(37)39)48-36-10-6-4-8-34(36)28-46(54(44)48)32-17-13-30(2)14-18-32/h3-28H,1-2H3. The van der Waals surface area contributed by atoms with Crippen LogP contribution in [0.25, 0.3) is 131 Å². The molecule has 54 heavy (non-hydrogen) atoms. The summed E-state index contributed by atoms with van der Waals surface area (Å²) < 4.78 is 0. The first-order valence-corrected chi connectivity index (χ1v) is 19.1. The summed E-state index contributed by atoms with van der Waals surface area (Å²) >= 11 is 0. The highest BCUT2D eigenvalue weighted by molar-refractivity contribution is 6.41. The number of benzene rings is 11. The molecule has 0 aliphatic heterocycles. The van der Waals surface area contributed by atoms with Crippen LogP contribution in [0.3, 0.4) is 0 Å². The second kappa shape index (κ2) is 10.0. The third kappa shape index (κ3) is 3.49. The van der Waals surface area contributed by atoms with Gasteiger partial charge < -0.3 is 0 Å². The number of hydrogen-bond donors (Lipinski definition) is 0. The fourth-order valence-corrected chi connectivity index (χ4v) is 10.5. The molecule has 248 valence electrons. The molecule has 0 unspecified atom stereocenters. The summed E-state index contributed by atoms with van der Waals surface area (Å²) in [5.74, 6) is 0. The van der Waals surface area contributed by atoms with Gasteiger partial charge >= 0.3 is 0 Å². The van der Waals surface area contributed by atoms with Gasteiger partial charge in [0.1, 0.15) is 0 Å². The molecule has 0 nitrogen and oxygen atoms in total. The van der Waals surface area contributed by atoms with Crippen LogP contribution in [0.2, 0.25) is 0 Å². The van der Waals surface area contributed by atoms with Gasteiger partial charge in [0.15, 0.2) is 0 Å². The van der Waals surface area contributed by atoms with Crippen LogP contribution in [0.15, 0.2) is 158 Å². The maximum Gasteiger partial charge on any atom is -0.00134 e. The first-order chi connectivity index (χ1) is 26.6. The smallest absolute Gasteiger partial charge is 0.00134 e. The van der Waals surface area contributed by atoms with E-state index in [9.17, 15) is 0 Å². The van der Waals surface area contributed by atoms with E-state index in [0.717, 1.165) is 0 Å². The van der Waals surface area contributed by atoms with Gasteiger partial charge in [0.05, 0.1) is 0 Å². The van der Waals surface area contributed by atoms with Crippen LogP contribution < -0.4 is 0 Å². The van der Waals surface area contributed by atoms with E-state index in [1.807, 2.05) is 0 Å². The van der Waals surface area contributed by atoms with E-state index in [0.29, 0.717) is 0 Å². The van der Waals surface area contributed by atoms with Crippen molar-refractivity contribution in [1.82, 2.24) is 0 Å². The lowest BCUT2D eigenvalue weighted by atomic mass is 9.86. The predicted molar refractivity (Wildman–Crippen MR) is 232 cm³/mol.